The zero-order valence-electron chi connectivity index (χ0n) is 3.12. The first-order chi connectivity index (χ1) is 1.73. The van der Waals surface area contributed by atoms with Gasteiger partial charge in [0, 0.05) is 0 Å². The van der Waals surface area contributed by atoms with Gasteiger partial charge in [-0.15, -0.1) is 0 Å². The van der Waals surface area contributed by atoms with Crippen molar-refractivity contribution in [1.29, 1.82) is 0 Å². The Bertz CT molecular complexity index is 31.1. The van der Waals surface area contributed by atoms with Gasteiger partial charge in [-0.25, -0.2) is 4.79 Å². The molecule has 0 rings (SSSR count). The molecule has 0 heterocycles. The van der Waals surface area contributed by atoms with E-state index in [1.165, 1.54) is 0 Å². The topological polar surface area (TPSA) is 115 Å². The van der Waals surface area contributed by atoms with E-state index >= 15 is 0 Å². The Morgan fingerprint density at radius 2 is 1.14 bits per heavy atom. The van der Waals surface area contributed by atoms with Crippen molar-refractivity contribution in [3.05, 3.63) is 0 Å². The summed E-state index contributed by atoms with van der Waals surface area (Å²) >= 11 is 0. The Morgan fingerprint density at radius 1 is 1.14 bits per heavy atom. The predicted molar refractivity (Wildman–Crippen MR) is 12.0 cm³/mol. The second-order valence-electron chi connectivity index (χ2n) is 0.283. The van der Waals surface area contributed by atoms with Crippen molar-refractivity contribution in [2.45, 2.75) is 0 Å². The minimum atomic E-state index is -1.83. The van der Waals surface area contributed by atoms with Crippen LogP contribution < -0.4 is 0 Å². The van der Waals surface area contributed by atoms with Crippen LogP contribution in [0.2, 0.25) is 0 Å². The average Bonchev–Trinajstić information content (AvgIpc) is 0.811. The van der Waals surface area contributed by atoms with Crippen molar-refractivity contribution in [3.8, 4) is 0 Å². The van der Waals surface area contributed by atoms with Crippen LogP contribution in [0, 0.1) is 0 Å². The fourth-order valence-electron chi connectivity index (χ4n) is 0. The quantitative estimate of drug-likeness (QED) is 0.552. The third-order valence-corrected chi connectivity index (χ3v) is 0. The summed E-state index contributed by atoms with van der Waals surface area (Å²) in [5.41, 5.74) is 0. The van der Waals surface area contributed by atoms with Gasteiger partial charge in [-0.1, -0.05) is 0 Å². The van der Waals surface area contributed by atoms with Gasteiger partial charge >= 0.3 is 32.4 Å². The number of hydrogen-bond donors (Lipinski definition) is 2. The van der Waals surface area contributed by atoms with Gasteiger partial charge < -0.3 is 21.2 Å². The van der Waals surface area contributed by atoms with Gasteiger partial charge in [0.2, 0.25) is 0 Å². The Balaban J connectivity index is -0.0000000150. The molecule has 0 radical (unpaired) electrons. The van der Waals surface area contributed by atoms with E-state index in [4.69, 9.17) is 15.0 Å². The zero-order valence-corrected chi connectivity index (χ0v) is 5.58. The molecule has 0 aliphatic rings. The summed E-state index contributed by atoms with van der Waals surface area (Å²) < 4.78 is 0. The molecule has 0 spiro atoms. The van der Waals surface area contributed by atoms with Gasteiger partial charge in [0.05, 0.1) is 0 Å². The first-order valence-electron chi connectivity index (χ1n) is 0.651. The molecule has 6 heteroatoms. The summed E-state index contributed by atoms with van der Waals surface area (Å²) in [7, 11) is 0. The minimum absolute atomic E-state index is 0. The molecule has 5 nitrogen and oxygen atoms in total. The van der Waals surface area contributed by atoms with Crippen LogP contribution in [0.25, 0.3) is 0 Å². The molecule has 0 unspecified atom stereocenters. The summed E-state index contributed by atoms with van der Waals surface area (Å²) in [6.45, 7) is 0. The van der Waals surface area contributed by atoms with Crippen molar-refractivity contribution >= 4 is 6.16 Å². The van der Waals surface area contributed by atoms with Crippen molar-refractivity contribution in [2.24, 2.45) is 0 Å². The predicted octanol–water partition coefficient (Wildman–Crippen LogP) is -0.0177. The first kappa shape index (κ1) is 27.6. The Kier molecular flexibility index (Phi) is 65.3. The molecule has 0 aliphatic carbocycles. The molecule has 0 saturated carbocycles. The van der Waals surface area contributed by atoms with Crippen molar-refractivity contribution in [1.82, 2.24) is 0 Å². The molecule has 0 aromatic heterocycles. The maximum Gasteiger partial charge on any atom is 4.00 e. The van der Waals surface area contributed by atoms with E-state index < -0.39 is 6.16 Å². The monoisotopic (exact) mass is 184 g/mol. The molecule has 0 aromatic rings. The second-order valence-corrected chi connectivity index (χ2v) is 0.283. The van der Waals surface area contributed by atoms with Crippen LogP contribution in [0.5, 0.6) is 0 Å². The largest absolute Gasteiger partial charge is 4.00 e. The van der Waals surface area contributed by atoms with Crippen molar-refractivity contribution < 1.29 is 52.2 Å². The molecule has 0 bridgehead atoms. The van der Waals surface area contributed by atoms with E-state index in [1.54, 1.807) is 0 Å². The molecule has 40 valence electrons. The summed E-state index contributed by atoms with van der Waals surface area (Å²) in [4.78, 5) is 8.56. The maximum atomic E-state index is 8.56. The van der Waals surface area contributed by atoms with Gasteiger partial charge in [0.15, 0.2) is 0 Å². The van der Waals surface area contributed by atoms with E-state index in [2.05, 4.69) is 0 Å². The average molecular weight is 185 g/mol. The van der Waals surface area contributed by atoms with Gasteiger partial charge in [0.1, 0.15) is 0 Å². The molecule has 0 aliphatic heterocycles. The fourth-order valence-corrected chi connectivity index (χ4v) is 0. The van der Waals surface area contributed by atoms with Crippen LogP contribution in [0.4, 0.5) is 4.79 Å². The van der Waals surface area contributed by atoms with Gasteiger partial charge in [0.25, 0.3) is 0 Å². The molecule has 0 atom stereocenters. The molecule has 7 heavy (non-hydrogen) atoms. The zero-order chi connectivity index (χ0) is 3.58. The van der Waals surface area contributed by atoms with E-state index in [-0.39, 0.29) is 37.2 Å². The SMILES string of the molecule is O=C(O)O.[O-2].[O-2].[Zr+4]. The van der Waals surface area contributed by atoms with Gasteiger partial charge in [-0.2, -0.15) is 0 Å². The third-order valence-electron chi connectivity index (χ3n) is 0. The number of rotatable bonds is 0. The van der Waals surface area contributed by atoms with Crippen LogP contribution in [0.1, 0.15) is 0 Å². The van der Waals surface area contributed by atoms with Crippen LogP contribution in [-0.4, -0.2) is 16.4 Å². The number of carboxylic acid groups (broad SMARTS) is 2. The van der Waals surface area contributed by atoms with Crippen LogP contribution >= 0.6 is 0 Å². The fraction of sp³-hybridized carbons (Fsp3) is 0. The Labute approximate surface area is 58.7 Å². The molecule has 0 saturated heterocycles. The van der Waals surface area contributed by atoms with Gasteiger partial charge in [-0.05, 0) is 0 Å². The minimum Gasteiger partial charge on any atom is -2.00 e. The van der Waals surface area contributed by atoms with Crippen molar-refractivity contribution in [3.63, 3.8) is 0 Å². The van der Waals surface area contributed by atoms with Gasteiger partial charge in [-0.3, -0.25) is 0 Å². The molecular formula is CH2O5Zr. The smallest absolute Gasteiger partial charge is 2.00 e. The van der Waals surface area contributed by atoms with Crippen LogP contribution in [0.15, 0.2) is 0 Å². The van der Waals surface area contributed by atoms with Crippen LogP contribution in [0.3, 0.4) is 0 Å². The summed E-state index contributed by atoms with van der Waals surface area (Å²) in [6.07, 6.45) is -1.83. The summed E-state index contributed by atoms with van der Waals surface area (Å²) in [5.74, 6) is 0. The summed E-state index contributed by atoms with van der Waals surface area (Å²) in [6, 6.07) is 0. The molecular weight excluding hydrogens is 183 g/mol. The second kappa shape index (κ2) is 16.6. The molecule has 0 aromatic carbocycles. The first-order valence-corrected chi connectivity index (χ1v) is 0.651. The Morgan fingerprint density at radius 3 is 1.14 bits per heavy atom. The maximum absolute atomic E-state index is 8.56. The van der Waals surface area contributed by atoms with Crippen LogP contribution in [-0.2, 0) is 37.2 Å². The van der Waals surface area contributed by atoms with E-state index in [9.17, 15) is 0 Å². The molecule has 0 amide bonds. The van der Waals surface area contributed by atoms with E-state index in [1.807, 2.05) is 0 Å². The number of carbonyl (C=O) groups is 1. The normalized spacial score (nSPS) is 3.43. The van der Waals surface area contributed by atoms with E-state index in [0.717, 1.165) is 0 Å². The van der Waals surface area contributed by atoms with E-state index in [0.29, 0.717) is 0 Å². The molecule has 2 N–H and O–H groups in total. The standard InChI is InChI=1S/CH2O3.2O.Zr/c2-1(3)4;;;/h(H2,2,3,4);;;/q;2*-2;+4. The summed E-state index contributed by atoms with van der Waals surface area (Å²) in [5, 5.41) is 13.9. The number of hydrogen-bond acceptors (Lipinski definition) is 1. The third kappa shape index (κ3) is 18800. The Hall–Kier alpha value is 0.0731. The van der Waals surface area contributed by atoms with Crippen molar-refractivity contribution in [2.75, 3.05) is 0 Å². The molecule has 0 fully saturated rings.